The van der Waals surface area contributed by atoms with Gasteiger partial charge in [0, 0.05) is 48.7 Å². The van der Waals surface area contributed by atoms with Gasteiger partial charge in [-0.15, -0.1) is 0 Å². The number of likely N-dealkylation sites (tertiary alicyclic amines) is 1. The van der Waals surface area contributed by atoms with Crippen LogP contribution < -0.4 is 10.1 Å². The van der Waals surface area contributed by atoms with Crippen molar-refractivity contribution in [1.82, 2.24) is 30.4 Å². The zero-order valence-electron chi connectivity index (χ0n) is 19.1. The highest BCUT2D eigenvalue weighted by molar-refractivity contribution is 5.92. The quantitative estimate of drug-likeness (QED) is 0.574. The maximum Gasteiger partial charge on any atom is 0.271 e. The molecule has 0 bridgehead atoms. The zero-order chi connectivity index (χ0) is 23.4. The summed E-state index contributed by atoms with van der Waals surface area (Å²) >= 11 is 0. The van der Waals surface area contributed by atoms with Crippen LogP contribution in [0.25, 0.3) is 0 Å². The van der Waals surface area contributed by atoms with Gasteiger partial charge in [0.15, 0.2) is 0 Å². The number of ether oxygens (including phenoxy) is 1. The van der Waals surface area contributed by atoms with Crippen molar-refractivity contribution in [1.29, 1.82) is 0 Å². The zero-order valence-corrected chi connectivity index (χ0v) is 19.1. The fourth-order valence-electron chi connectivity index (χ4n) is 4.11. The fourth-order valence-corrected chi connectivity index (χ4v) is 4.11. The monoisotopic (exact) mass is 448 g/mol. The van der Waals surface area contributed by atoms with Gasteiger partial charge in [0.1, 0.15) is 17.3 Å². The highest BCUT2D eigenvalue weighted by atomic mass is 16.5. The van der Waals surface area contributed by atoms with Crippen molar-refractivity contribution < 1.29 is 14.3 Å². The normalized spacial score (nSPS) is 15.5. The summed E-state index contributed by atoms with van der Waals surface area (Å²) in [5.74, 6) is 1.41. The molecule has 2 aromatic heterocycles. The second-order valence-electron chi connectivity index (χ2n) is 8.24. The summed E-state index contributed by atoms with van der Waals surface area (Å²) in [7, 11) is 1.62. The highest BCUT2D eigenvalue weighted by Gasteiger charge is 2.31. The molecule has 0 spiro atoms. The van der Waals surface area contributed by atoms with Crippen LogP contribution in [0.5, 0.6) is 5.75 Å². The molecule has 1 aromatic carbocycles. The van der Waals surface area contributed by atoms with Crippen LogP contribution in [0.2, 0.25) is 0 Å². The Labute approximate surface area is 192 Å². The molecule has 2 amide bonds. The van der Waals surface area contributed by atoms with E-state index in [0.717, 1.165) is 40.5 Å². The predicted molar refractivity (Wildman–Crippen MR) is 122 cm³/mol. The number of methoxy groups -OCH3 is 1. The molecule has 1 unspecified atom stereocenters. The molecule has 9 nitrogen and oxygen atoms in total. The molecule has 4 rings (SSSR count). The van der Waals surface area contributed by atoms with E-state index in [4.69, 9.17) is 14.7 Å². The Balaban J connectivity index is 1.38. The Kier molecular flexibility index (Phi) is 6.67. The lowest BCUT2D eigenvalue weighted by Crippen LogP contribution is -2.29. The fraction of sp³-hybridized carbons (Fsp3) is 0.375. The molecule has 9 heteroatoms. The number of amides is 2. The minimum absolute atomic E-state index is 0.0622. The third kappa shape index (κ3) is 5.19. The van der Waals surface area contributed by atoms with Gasteiger partial charge in [-0.25, -0.2) is 9.97 Å². The Hall–Kier alpha value is -3.75. The third-order valence-electron chi connectivity index (χ3n) is 5.97. The highest BCUT2D eigenvalue weighted by Crippen LogP contribution is 2.27. The molecule has 1 aliphatic rings. The van der Waals surface area contributed by atoms with Crippen molar-refractivity contribution >= 4 is 11.8 Å². The number of nitrogens with zero attached hydrogens (tertiary/aromatic N) is 4. The molecule has 33 heavy (non-hydrogen) atoms. The lowest BCUT2D eigenvalue weighted by molar-refractivity contribution is -0.120. The first-order chi connectivity index (χ1) is 15.9. The van der Waals surface area contributed by atoms with Gasteiger partial charge in [-0.05, 0) is 44.0 Å². The minimum Gasteiger partial charge on any atom is -0.497 e. The summed E-state index contributed by atoms with van der Waals surface area (Å²) in [4.78, 5) is 36.3. The summed E-state index contributed by atoms with van der Waals surface area (Å²) in [6, 6.07) is 9.28. The van der Waals surface area contributed by atoms with Gasteiger partial charge >= 0.3 is 0 Å². The molecule has 0 aliphatic carbocycles. The molecule has 0 radical (unpaired) electrons. The van der Waals surface area contributed by atoms with Crippen LogP contribution in [-0.2, 0) is 17.8 Å². The van der Waals surface area contributed by atoms with Crippen molar-refractivity contribution in [3.05, 3.63) is 70.6 Å². The molecule has 1 atom stereocenters. The van der Waals surface area contributed by atoms with Crippen LogP contribution in [0.4, 0.5) is 0 Å². The van der Waals surface area contributed by atoms with Gasteiger partial charge in [0.05, 0.1) is 13.5 Å². The molecule has 3 heterocycles. The number of rotatable bonds is 7. The second kappa shape index (κ2) is 9.81. The molecular weight excluding hydrogens is 420 g/mol. The molecule has 1 fully saturated rings. The average Bonchev–Trinajstić information content (AvgIpc) is 3.52. The largest absolute Gasteiger partial charge is 0.497 e. The van der Waals surface area contributed by atoms with E-state index in [1.165, 1.54) is 0 Å². The van der Waals surface area contributed by atoms with Crippen LogP contribution in [0.1, 0.15) is 51.2 Å². The Morgan fingerprint density at radius 3 is 2.70 bits per heavy atom. The number of nitrogens with one attached hydrogen (secondary N) is 2. The maximum atomic E-state index is 12.6. The standard InChI is InChI=1S/C24H28N6O3/c1-15-20(12-22(31)25-13-17-5-4-6-19(11-17)33-3)16(2)28-23(27-15)18-8-10-30(14-18)24(32)21-7-9-26-29-21/h4-7,9,11,18H,8,10,12-14H2,1-3H3,(H,25,31)(H,26,29). The summed E-state index contributed by atoms with van der Waals surface area (Å²) in [6.45, 7) is 5.46. The molecule has 0 saturated carbocycles. The van der Waals surface area contributed by atoms with Crippen molar-refractivity contribution in [2.75, 3.05) is 20.2 Å². The Bertz CT molecular complexity index is 1120. The van der Waals surface area contributed by atoms with Crippen LogP contribution in [0, 0.1) is 13.8 Å². The number of benzene rings is 1. The number of hydrogen-bond donors (Lipinski definition) is 2. The summed E-state index contributed by atoms with van der Waals surface area (Å²) < 4.78 is 5.23. The van der Waals surface area contributed by atoms with E-state index in [1.807, 2.05) is 38.1 Å². The van der Waals surface area contributed by atoms with Crippen molar-refractivity contribution in [2.45, 2.75) is 39.2 Å². The van der Waals surface area contributed by atoms with Crippen LogP contribution in [-0.4, -0.2) is 57.1 Å². The summed E-state index contributed by atoms with van der Waals surface area (Å²) in [5.41, 5.74) is 3.89. The number of aromatic amines is 1. The molecule has 172 valence electrons. The average molecular weight is 449 g/mol. The van der Waals surface area contributed by atoms with Crippen LogP contribution in [0.3, 0.4) is 0 Å². The first-order valence-electron chi connectivity index (χ1n) is 11.0. The van der Waals surface area contributed by atoms with E-state index in [-0.39, 0.29) is 24.2 Å². The maximum absolute atomic E-state index is 12.6. The van der Waals surface area contributed by atoms with Crippen molar-refractivity contribution in [3.63, 3.8) is 0 Å². The molecular formula is C24H28N6O3. The van der Waals surface area contributed by atoms with Crippen molar-refractivity contribution in [2.24, 2.45) is 0 Å². The van der Waals surface area contributed by atoms with Gasteiger partial charge in [-0.2, -0.15) is 5.10 Å². The van der Waals surface area contributed by atoms with E-state index in [9.17, 15) is 9.59 Å². The number of aromatic nitrogens is 4. The lowest BCUT2D eigenvalue weighted by atomic mass is 10.0. The summed E-state index contributed by atoms with van der Waals surface area (Å²) in [6.07, 6.45) is 2.60. The van der Waals surface area contributed by atoms with Crippen LogP contribution >= 0.6 is 0 Å². The second-order valence-corrected chi connectivity index (χ2v) is 8.24. The minimum atomic E-state index is -0.0856. The topological polar surface area (TPSA) is 113 Å². The van der Waals surface area contributed by atoms with Gasteiger partial charge in [-0.3, -0.25) is 14.7 Å². The Morgan fingerprint density at radius 2 is 2.00 bits per heavy atom. The molecule has 1 aliphatic heterocycles. The summed E-state index contributed by atoms with van der Waals surface area (Å²) in [5, 5.41) is 9.53. The van der Waals surface area contributed by atoms with E-state index < -0.39 is 0 Å². The first kappa shape index (κ1) is 22.4. The SMILES string of the molecule is COc1cccc(CNC(=O)Cc2c(C)nc(C3CCN(C(=O)c4ccn[nH]4)C3)nc2C)c1. The van der Waals surface area contributed by atoms with E-state index in [0.29, 0.717) is 25.3 Å². The van der Waals surface area contributed by atoms with Gasteiger partial charge in [0.25, 0.3) is 5.91 Å². The van der Waals surface area contributed by atoms with E-state index in [2.05, 4.69) is 15.5 Å². The number of aryl methyl sites for hydroxylation is 2. The number of carbonyl (C=O) groups excluding carboxylic acids is 2. The first-order valence-corrected chi connectivity index (χ1v) is 11.0. The molecule has 2 N–H and O–H groups in total. The smallest absolute Gasteiger partial charge is 0.271 e. The Morgan fingerprint density at radius 1 is 1.21 bits per heavy atom. The predicted octanol–water partition coefficient (Wildman–Crippen LogP) is 2.31. The number of carbonyl (C=O) groups is 2. The molecule has 1 saturated heterocycles. The van der Waals surface area contributed by atoms with Crippen molar-refractivity contribution in [3.8, 4) is 5.75 Å². The number of H-pyrrole nitrogens is 1. The van der Waals surface area contributed by atoms with E-state index in [1.54, 1.807) is 24.3 Å². The van der Waals surface area contributed by atoms with Gasteiger partial charge in [-0.1, -0.05) is 12.1 Å². The lowest BCUT2D eigenvalue weighted by Gasteiger charge is -2.16. The van der Waals surface area contributed by atoms with Gasteiger partial charge < -0.3 is 15.0 Å². The molecule has 3 aromatic rings. The third-order valence-corrected chi connectivity index (χ3v) is 5.97. The van der Waals surface area contributed by atoms with Crippen LogP contribution in [0.15, 0.2) is 36.5 Å². The number of hydrogen-bond acceptors (Lipinski definition) is 6. The van der Waals surface area contributed by atoms with Gasteiger partial charge in [0.2, 0.25) is 5.91 Å². The van der Waals surface area contributed by atoms with E-state index >= 15 is 0 Å².